The highest BCUT2D eigenvalue weighted by Crippen LogP contribution is 2.25. The van der Waals surface area contributed by atoms with E-state index in [0.717, 1.165) is 21.3 Å². The van der Waals surface area contributed by atoms with Gasteiger partial charge in [-0.3, -0.25) is 0 Å². The molecule has 0 amide bonds. The minimum Gasteiger partial charge on any atom is -0.497 e. The monoisotopic (exact) mass is 412 g/mol. The molecule has 0 spiro atoms. The molecular formula is C19H17BrN4O2. The third-order valence-electron chi connectivity index (χ3n) is 3.85. The van der Waals surface area contributed by atoms with Crippen molar-refractivity contribution in [3.63, 3.8) is 0 Å². The van der Waals surface area contributed by atoms with E-state index in [1.165, 1.54) is 0 Å². The molecule has 0 radical (unpaired) electrons. The van der Waals surface area contributed by atoms with Crippen LogP contribution in [0.5, 0.6) is 11.6 Å². The summed E-state index contributed by atoms with van der Waals surface area (Å²) in [4.78, 5) is 0. The molecule has 0 saturated heterocycles. The number of halogens is 1. The average molecular weight is 413 g/mol. The Morgan fingerprint density at radius 2 is 1.77 bits per heavy atom. The summed E-state index contributed by atoms with van der Waals surface area (Å²) in [7, 11) is 1.62. The first-order valence-electron chi connectivity index (χ1n) is 7.87. The Balaban J connectivity index is 1.76. The van der Waals surface area contributed by atoms with Crippen molar-refractivity contribution in [3.8, 4) is 17.7 Å². The van der Waals surface area contributed by atoms with E-state index in [1.807, 2.05) is 48.5 Å². The Morgan fingerprint density at radius 1 is 1.12 bits per heavy atom. The van der Waals surface area contributed by atoms with Gasteiger partial charge in [0, 0.05) is 4.47 Å². The smallest absolute Gasteiger partial charge is 0.253 e. The third-order valence-corrected chi connectivity index (χ3v) is 4.38. The predicted octanol–water partition coefficient (Wildman–Crippen LogP) is 3.74. The Labute approximate surface area is 159 Å². The van der Waals surface area contributed by atoms with Crippen LogP contribution in [-0.4, -0.2) is 16.9 Å². The van der Waals surface area contributed by atoms with Gasteiger partial charge in [-0.2, -0.15) is 5.26 Å². The van der Waals surface area contributed by atoms with Crippen molar-refractivity contribution in [2.24, 2.45) is 0 Å². The van der Waals surface area contributed by atoms with Crippen LogP contribution in [0.25, 0.3) is 0 Å². The average Bonchev–Trinajstić information content (AvgIpc) is 2.97. The van der Waals surface area contributed by atoms with Gasteiger partial charge in [-0.1, -0.05) is 40.2 Å². The number of benzene rings is 2. The van der Waals surface area contributed by atoms with Crippen LogP contribution < -0.4 is 15.2 Å². The van der Waals surface area contributed by atoms with Gasteiger partial charge in [-0.15, -0.1) is 5.10 Å². The molecule has 0 atom stereocenters. The number of nitrogen functional groups attached to an aromatic ring is 1. The van der Waals surface area contributed by atoms with Crippen LogP contribution in [-0.2, 0) is 13.2 Å². The molecule has 3 rings (SSSR count). The standard InChI is InChI=1S/C19H17BrN4O2/c1-25-16-8-4-14(5-9-16)12-26-19-17(10-21)18(22)24(23-19)11-13-2-6-15(20)7-3-13/h2-9H,11-12,22H2,1H3. The zero-order chi connectivity index (χ0) is 18.5. The van der Waals surface area contributed by atoms with Crippen LogP contribution in [0.3, 0.4) is 0 Å². The van der Waals surface area contributed by atoms with Gasteiger partial charge in [-0.25, -0.2) is 4.68 Å². The van der Waals surface area contributed by atoms with Crippen molar-refractivity contribution < 1.29 is 9.47 Å². The van der Waals surface area contributed by atoms with Crippen molar-refractivity contribution in [3.05, 3.63) is 69.7 Å². The first-order valence-corrected chi connectivity index (χ1v) is 8.66. The Bertz CT molecular complexity index is 928. The fraction of sp³-hybridized carbons (Fsp3) is 0.158. The molecule has 7 heteroatoms. The molecular weight excluding hydrogens is 396 g/mol. The molecule has 1 aromatic heterocycles. The van der Waals surface area contributed by atoms with E-state index in [9.17, 15) is 5.26 Å². The van der Waals surface area contributed by atoms with Crippen LogP contribution >= 0.6 is 15.9 Å². The van der Waals surface area contributed by atoms with Gasteiger partial charge in [-0.05, 0) is 35.4 Å². The topological polar surface area (TPSA) is 86.1 Å². The predicted molar refractivity (Wildman–Crippen MR) is 102 cm³/mol. The molecule has 0 unspecified atom stereocenters. The number of rotatable bonds is 6. The minimum atomic E-state index is 0.234. The van der Waals surface area contributed by atoms with Gasteiger partial charge in [0.2, 0.25) is 0 Å². The van der Waals surface area contributed by atoms with Crippen molar-refractivity contribution in [2.75, 3.05) is 12.8 Å². The highest BCUT2D eigenvalue weighted by Gasteiger charge is 2.17. The molecule has 0 fully saturated rings. The summed E-state index contributed by atoms with van der Waals surface area (Å²) >= 11 is 3.41. The summed E-state index contributed by atoms with van der Waals surface area (Å²) in [6.07, 6.45) is 0. The highest BCUT2D eigenvalue weighted by atomic mass is 79.9. The number of nitriles is 1. The van der Waals surface area contributed by atoms with E-state index < -0.39 is 0 Å². The van der Waals surface area contributed by atoms with Crippen LogP contribution in [0.1, 0.15) is 16.7 Å². The molecule has 1 heterocycles. The quantitative estimate of drug-likeness (QED) is 0.666. The van der Waals surface area contributed by atoms with E-state index in [4.69, 9.17) is 15.2 Å². The fourth-order valence-corrected chi connectivity index (χ4v) is 2.68. The SMILES string of the molecule is COc1ccc(COc2nn(Cc3ccc(Br)cc3)c(N)c2C#N)cc1. The number of methoxy groups -OCH3 is 1. The second-order valence-corrected chi connectivity index (χ2v) is 6.51. The molecule has 0 aliphatic rings. The molecule has 0 aliphatic carbocycles. The summed E-state index contributed by atoms with van der Waals surface area (Å²) in [5, 5.41) is 13.8. The lowest BCUT2D eigenvalue weighted by Gasteiger charge is -2.05. The van der Waals surface area contributed by atoms with E-state index >= 15 is 0 Å². The number of nitrogens with two attached hydrogens (primary N) is 1. The van der Waals surface area contributed by atoms with E-state index in [-0.39, 0.29) is 18.1 Å². The van der Waals surface area contributed by atoms with Crippen LogP contribution in [0.4, 0.5) is 5.82 Å². The maximum Gasteiger partial charge on any atom is 0.253 e. The van der Waals surface area contributed by atoms with Gasteiger partial charge in [0.05, 0.1) is 13.7 Å². The highest BCUT2D eigenvalue weighted by molar-refractivity contribution is 9.10. The summed E-state index contributed by atoms with van der Waals surface area (Å²) in [5.41, 5.74) is 8.28. The summed E-state index contributed by atoms with van der Waals surface area (Å²) in [6, 6.07) is 17.4. The van der Waals surface area contributed by atoms with E-state index in [2.05, 4.69) is 27.1 Å². The molecule has 132 valence electrons. The third kappa shape index (κ3) is 3.98. The zero-order valence-corrected chi connectivity index (χ0v) is 15.7. The molecule has 0 bridgehead atoms. The van der Waals surface area contributed by atoms with Crippen molar-refractivity contribution >= 4 is 21.7 Å². The molecule has 6 nitrogen and oxygen atoms in total. The maximum atomic E-state index is 9.39. The first-order chi connectivity index (χ1) is 12.6. The minimum absolute atomic E-state index is 0.234. The fourth-order valence-electron chi connectivity index (χ4n) is 2.41. The maximum absolute atomic E-state index is 9.39. The number of aromatic nitrogens is 2. The second-order valence-electron chi connectivity index (χ2n) is 5.60. The van der Waals surface area contributed by atoms with Gasteiger partial charge in [0.1, 0.15) is 24.2 Å². The number of nitrogens with zero attached hydrogens (tertiary/aromatic N) is 3. The lowest BCUT2D eigenvalue weighted by molar-refractivity contribution is 0.289. The zero-order valence-electron chi connectivity index (χ0n) is 14.1. The van der Waals surface area contributed by atoms with E-state index in [1.54, 1.807) is 11.8 Å². The largest absolute Gasteiger partial charge is 0.497 e. The van der Waals surface area contributed by atoms with Gasteiger partial charge in [0.15, 0.2) is 5.56 Å². The number of anilines is 1. The molecule has 26 heavy (non-hydrogen) atoms. The van der Waals surface area contributed by atoms with Gasteiger partial charge < -0.3 is 15.2 Å². The lowest BCUT2D eigenvalue weighted by Crippen LogP contribution is -2.06. The molecule has 0 aliphatic heterocycles. The Kier molecular flexibility index (Phi) is 5.44. The Morgan fingerprint density at radius 3 is 2.38 bits per heavy atom. The number of hydrogen-bond donors (Lipinski definition) is 1. The summed E-state index contributed by atoms with van der Waals surface area (Å²) < 4.78 is 13.4. The summed E-state index contributed by atoms with van der Waals surface area (Å²) in [5.74, 6) is 1.30. The molecule has 2 aromatic carbocycles. The van der Waals surface area contributed by atoms with Crippen molar-refractivity contribution in [1.29, 1.82) is 5.26 Å². The Hall–Kier alpha value is -2.98. The van der Waals surface area contributed by atoms with Crippen LogP contribution in [0, 0.1) is 11.3 Å². The van der Waals surface area contributed by atoms with Crippen LogP contribution in [0.15, 0.2) is 53.0 Å². The molecule has 0 saturated carbocycles. The van der Waals surface area contributed by atoms with Crippen molar-refractivity contribution in [1.82, 2.24) is 9.78 Å². The normalized spacial score (nSPS) is 10.3. The molecule has 3 aromatic rings. The second kappa shape index (κ2) is 7.93. The lowest BCUT2D eigenvalue weighted by atomic mass is 10.2. The van der Waals surface area contributed by atoms with Gasteiger partial charge in [0.25, 0.3) is 5.88 Å². The number of hydrogen-bond acceptors (Lipinski definition) is 5. The van der Waals surface area contributed by atoms with Gasteiger partial charge >= 0.3 is 0 Å². The van der Waals surface area contributed by atoms with E-state index in [0.29, 0.717) is 12.4 Å². The number of ether oxygens (including phenoxy) is 2. The van der Waals surface area contributed by atoms with Crippen molar-refractivity contribution in [2.45, 2.75) is 13.2 Å². The van der Waals surface area contributed by atoms with Crippen LogP contribution in [0.2, 0.25) is 0 Å². The molecule has 2 N–H and O–H groups in total. The first kappa shape index (κ1) is 17.8. The summed E-state index contributed by atoms with van der Waals surface area (Å²) in [6.45, 7) is 0.743.